The standard InChI is InChI=1S/C16H18FN/c1-11-8-12(2)14(13(3)9-11)10-18-16-7-5-4-6-15(16)17/h4-9,18H,10H2,1-3H3. The summed E-state index contributed by atoms with van der Waals surface area (Å²) in [4.78, 5) is 0. The van der Waals surface area contributed by atoms with E-state index in [1.807, 2.05) is 6.07 Å². The Kier molecular flexibility index (Phi) is 3.66. The van der Waals surface area contributed by atoms with E-state index in [1.165, 1.54) is 28.3 Å². The summed E-state index contributed by atoms with van der Waals surface area (Å²) in [7, 11) is 0. The van der Waals surface area contributed by atoms with E-state index in [-0.39, 0.29) is 5.82 Å². The maximum absolute atomic E-state index is 13.5. The van der Waals surface area contributed by atoms with E-state index < -0.39 is 0 Å². The summed E-state index contributed by atoms with van der Waals surface area (Å²) >= 11 is 0. The van der Waals surface area contributed by atoms with Crippen molar-refractivity contribution < 1.29 is 4.39 Å². The van der Waals surface area contributed by atoms with Crippen molar-refractivity contribution in [3.05, 3.63) is 64.5 Å². The molecule has 0 fully saturated rings. The van der Waals surface area contributed by atoms with Crippen molar-refractivity contribution >= 4 is 5.69 Å². The summed E-state index contributed by atoms with van der Waals surface area (Å²) < 4.78 is 13.5. The van der Waals surface area contributed by atoms with Gasteiger partial charge >= 0.3 is 0 Å². The molecule has 1 nitrogen and oxygen atoms in total. The third-order valence-corrected chi connectivity index (χ3v) is 3.17. The van der Waals surface area contributed by atoms with Gasteiger partial charge in [-0.3, -0.25) is 0 Å². The molecule has 0 aromatic heterocycles. The molecule has 2 heteroatoms. The molecule has 0 amide bonds. The van der Waals surface area contributed by atoms with Crippen LogP contribution in [0.5, 0.6) is 0 Å². The van der Waals surface area contributed by atoms with Crippen molar-refractivity contribution in [2.24, 2.45) is 0 Å². The molecule has 1 N–H and O–H groups in total. The summed E-state index contributed by atoms with van der Waals surface area (Å²) in [6, 6.07) is 11.1. The fourth-order valence-corrected chi connectivity index (χ4v) is 2.28. The summed E-state index contributed by atoms with van der Waals surface area (Å²) in [5.74, 6) is -0.208. The third-order valence-electron chi connectivity index (χ3n) is 3.17. The zero-order valence-electron chi connectivity index (χ0n) is 11.0. The van der Waals surface area contributed by atoms with Crippen LogP contribution in [0.4, 0.5) is 10.1 Å². The number of nitrogens with one attached hydrogen (secondary N) is 1. The molecule has 0 unspecified atom stereocenters. The van der Waals surface area contributed by atoms with Crippen LogP contribution >= 0.6 is 0 Å². The van der Waals surface area contributed by atoms with Crippen LogP contribution in [0.1, 0.15) is 22.3 Å². The minimum Gasteiger partial charge on any atom is -0.379 e. The maximum Gasteiger partial charge on any atom is 0.146 e. The highest BCUT2D eigenvalue weighted by atomic mass is 19.1. The molecule has 0 aliphatic carbocycles. The fourth-order valence-electron chi connectivity index (χ4n) is 2.28. The number of para-hydroxylation sites is 1. The first-order valence-electron chi connectivity index (χ1n) is 6.13. The Morgan fingerprint density at radius 1 is 1.00 bits per heavy atom. The monoisotopic (exact) mass is 243 g/mol. The lowest BCUT2D eigenvalue weighted by Crippen LogP contribution is -2.05. The molecule has 94 valence electrons. The third kappa shape index (κ3) is 2.70. The SMILES string of the molecule is Cc1cc(C)c(CNc2ccccc2F)c(C)c1. The average Bonchev–Trinajstić information content (AvgIpc) is 2.30. The molecule has 0 saturated heterocycles. The highest BCUT2D eigenvalue weighted by Crippen LogP contribution is 2.19. The van der Waals surface area contributed by atoms with E-state index in [0.29, 0.717) is 12.2 Å². The summed E-state index contributed by atoms with van der Waals surface area (Å²) in [6.45, 7) is 6.93. The van der Waals surface area contributed by atoms with Crippen LogP contribution in [-0.4, -0.2) is 0 Å². The number of aryl methyl sites for hydroxylation is 3. The van der Waals surface area contributed by atoms with Gasteiger partial charge in [-0.1, -0.05) is 29.8 Å². The van der Waals surface area contributed by atoms with Gasteiger partial charge in [-0.2, -0.15) is 0 Å². The van der Waals surface area contributed by atoms with Gasteiger partial charge < -0.3 is 5.32 Å². The Labute approximate surface area is 108 Å². The molecule has 0 bridgehead atoms. The highest BCUT2D eigenvalue weighted by Gasteiger charge is 2.05. The normalized spacial score (nSPS) is 10.4. The molecular formula is C16H18FN. The Balaban J connectivity index is 2.19. The number of anilines is 1. The molecule has 2 rings (SSSR count). The van der Waals surface area contributed by atoms with Crippen LogP contribution in [0.25, 0.3) is 0 Å². The van der Waals surface area contributed by atoms with Gasteiger partial charge in [0.1, 0.15) is 5.82 Å². The molecular weight excluding hydrogens is 225 g/mol. The van der Waals surface area contributed by atoms with E-state index in [9.17, 15) is 4.39 Å². The second kappa shape index (κ2) is 5.21. The van der Waals surface area contributed by atoms with Crippen LogP contribution in [0.15, 0.2) is 36.4 Å². The van der Waals surface area contributed by atoms with Crippen LogP contribution in [0, 0.1) is 26.6 Å². The molecule has 2 aromatic rings. The van der Waals surface area contributed by atoms with E-state index in [4.69, 9.17) is 0 Å². The average molecular weight is 243 g/mol. The van der Waals surface area contributed by atoms with Crippen molar-refractivity contribution in [3.8, 4) is 0 Å². The summed E-state index contributed by atoms with van der Waals surface area (Å²) in [5.41, 5.74) is 5.55. The molecule has 0 spiro atoms. The smallest absolute Gasteiger partial charge is 0.146 e. The van der Waals surface area contributed by atoms with E-state index in [0.717, 1.165) is 0 Å². The van der Waals surface area contributed by atoms with Gasteiger partial charge in [-0.05, 0) is 49.6 Å². The number of rotatable bonds is 3. The van der Waals surface area contributed by atoms with Gasteiger partial charge in [0.2, 0.25) is 0 Å². The van der Waals surface area contributed by atoms with Crippen LogP contribution in [0.3, 0.4) is 0 Å². The van der Waals surface area contributed by atoms with Crippen LogP contribution in [-0.2, 0) is 6.54 Å². The number of hydrogen-bond acceptors (Lipinski definition) is 1. The highest BCUT2D eigenvalue weighted by molar-refractivity contribution is 5.47. The topological polar surface area (TPSA) is 12.0 Å². The predicted octanol–water partition coefficient (Wildman–Crippen LogP) is 4.36. The van der Waals surface area contributed by atoms with Crippen LogP contribution < -0.4 is 5.32 Å². The lowest BCUT2D eigenvalue weighted by atomic mass is 10.00. The van der Waals surface area contributed by atoms with Gasteiger partial charge in [0.05, 0.1) is 5.69 Å². The van der Waals surface area contributed by atoms with Gasteiger partial charge in [0.15, 0.2) is 0 Å². The van der Waals surface area contributed by atoms with Crippen LogP contribution in [0.2, 0.25) is 0 Å². The Bertz CT molecular complexity index is 538. The van der Waals surface area contributed by atoms with E-state index >= 15 is 0 Å². The molecule has 0 atom stereocenters. The largest absolute Gasteiger partial charge is 0.379 e. The van der Waals surface area contributed by atoms with Crippen molar-refractivity contribution in [3.63, 3.8) is 0 Å². The lowest BCUT2D eigenvalue weighted by molar-refractivity contribution is 0.630. The molecule has 0 saturated carbocycles. The first kappa shape index (κ1) is 12.6. The van der Waals surface area contributed by atoms with E-state index in [2.05, 4.69) is 38.2 Å². The molecule has 0 heterocycles. The predicted molar refractivity (Wildman–Crippen MR) is 74.4 cm³/mol. The second-order valence-electron chi connectivity index (χ2n) is 4.71. The van der Waals surface area contributed by atoms with Gasteiger partial charge in [0.25, 0.3) is 0 Å². The Morgan fingerprint density at radius 2 is 1.61 bits per heavy atom. The molecule has 18 heavy (non-hydrogen) atoms. The first-order valence-corrected chi connectivity index (χ1v) is 6.13. The lowest BCUT2D eigenvalue weighted by Gasteiger charge is -2.13. The van der Waals surface area contributed by atoms with E-state index in [1.54, 1.807) is 12.1 Å². The minimum atomic E-state index is -0.208. The number of hydrogen-bond donors (Lipinski definition) is 1. The van der Waals surface area contributed by atoms with Crippen molar-refractivity contribution in [2.75, 3.05) is 5.32 Å². The van der Waals surface area contributed by atoms with Crippen molar-refractivity contribution in [1.29, 1.82) is 0 Å². The zero-order chi connectivity index (χ0) is 13.1. The van der Waals surface area contributed by atoms with Gasteiger partial charge in [-0.25, -0.2) is 4.39 Å². The molecule has 0 aliphatic rings. The molecule has 2 aromatic carbocycles. The first-order chi connectivity index (χ1) is 8.58. The zero-order valence-corrected chi connectivity index (χ0v) is 11.0. The quantitative estimate of drug-likeness (QED) is 0.844. The summed E-state index contributed by atoms with van der Waals surface area (Å²) in [5, 5.41) is 3.16. The number of halogens is 1. The van der Waals surface area contributed by atoms with Crippen molar-refractivity contribution in [2.45, 2.75) is 27.3 Å². The van der Waals surface area contributed by atoms with Gasteiger partial charge in [0, 0.05) is 6.54 Å². The molecule has 0 aliphatic heterocycles. The minimum absolute atomic E-state index is 0.208. The second-order valence-corrected chi connectivity index (χ2v) is 4.71. The Hall–Kier alpha value is -1.83. The maximum atomic E-state index is 13.5. The number of benzene rings is 2. The van der Waals surface area contributed by atoms with Gasteiger partial charge in [-0.15, -0.1) is 0 Å². The Morgan fingerprint density at radius 3 is 2.22 bits per heavy atom. The van der Waals surface area contributed by atoms with Crippen molar-refractivity contribution in [1.82, 2.24) is 0 Å². The summed E-state index contributed by atoms with van der Waals surface area (Å²) in [6.07, 6.45) is 0. The fraction of sp³-hybridized carbons (Fsp3) is 0.250. The molecule has 0 radical (unpaired) electrons.